The smallest absolute Gasteiger partial charge is 0.441 e. The van der Waals surface area contributed by atoms with Crippen molar-refractivity contribution < 1.29 is 14.4 Å². The van der Waals surface area contributed by atoms with Gasteiger partial charge in [-0.2, -0.15) is 0 Å². The molecule has 2 aromatic carbocycles. The fourth-order valence-corrected chi connectivity index (χ4v) is 4.01. The highest BCUT2D eigenvalue weighted by atomic mass is 16.5. The summed E-state index contributed by atoms with van der Waals surface area (Å²) in [5.41, 5.74) is 3.13. The minimum atomic E-state index is -0.698. The Labute approximate surface area is 181 Å². The lowest BCUT2D eigenvalue weighted by atomic mass is 10.1. The van der Waals surface area contributed by atoms with E-state index in [1.807, 2.05) is 30.3 Å². The van der Waals surface area contributed by atoms with Gasteiger partial charge in [-0.1, -0.05) is 47.6 Å². The summed E-state index contributed by atoms with van der Waals surface area (Å²) in [6, 6.07) is 15.6. The van der Waals surface area contributed by atoms with E-state index in [-0.39, 0.29) is 12.6 Å². The molecule has 1 unspecified atom stereocenters. The zero-order valence-electron chi connectivity index (χ0n) is 18.0. The number of aliphatic hydroxyl groups excluding tert-OH is 1. The number of piperidine rings is 1. The lowest BCUT2D eigenvalue weighted by molar-refractivity contribution is 0.0540. The summed E-state index contributed by atoms with van der Waals surface area (Å²) in [6.45, 7) is 6.46. The van der Waals surface area contributed by atoms with Crippen LogP contribution in [0.4, 0.5) is 0 Å². The number of aryl methyl sites for hydroxylation is 2. The Balaban J connectivity index is 1.31. The number of aromatic nitrogens is 2. The molecule has 0 spiro atoms. The molecule has 7 heteroatoms. The molecule has 3 aromatic rings. The Hall–Kier alpha value is -2.90. The molecule has 1 fully saturated rings. The van der Waals surface area contributed by atoms with Gasteiger partial charge in [0.2, 0.25) is 0 Å². The van der Waals surface area contributed by atoms with Crippen molar-refractivity contribution in [3.8, 4) is 17.1 Å². The summed E-state index contributed by atoms with van der Waals surface area (Å²) in [4.78, 5) is 14.3. The van der Waals surface area contributed by atoms with Crippen molar-refractivity contribution in [2.45, 2.75) is 45.4 Å². The predicted molar refractivity (Wildman–Crippen MR) is 118 cm³/mol. The maximum Gasteiger partial charge on any atom is 0.441 e. The van der Waals surface area contributed by atoms with Gasteiger partial charge in [0.15, 0.2) is 5.82 Å². The second-order valence-electron chi connectivity index (χ2n) is 8.29. The fraction of sp³-hybridized carbons (Fsp3) is 0.417. The Morgan fingerprint density at radius 2 is 1.87 bits per heavy atom. The maximum absolute atomic E-state index is 12.1. The Bertz CT molecular complexity index is 1050. The number of hydrogen-bond donors (Lipinski definition) is 1. The molecule has 1 N–H and O–H groups in total. The molecule has 1 atom stereocenters. The summed E-state index contributed by atoms with van der Waals surface area (Å²) in [5.74, 6) is 0.836. The van der Waals surface area contributed by atoms with Crippen LogP contribution in [0.1, 0.15) is 24.0 Å². The van der Waals surface area contributed by atoms with Gasteiger partial charge in [0.05, 0.1) is 12.6 Å². The standard InChI is InChI=1S/C24H29N3O4/c1-17-8-9-18(2)22(14-17)30-21-10-12-26(13-11-21)15-20(28)16-27-23(25-31-24(27)29)19-6-4-3-5-7-19/h3-9,14,20-21,28H,10-13,15-16H2,1-2H3. The van der Waals surface area contributed by atoms with Crippen LogP contribution < -0.4 is 10.5 Å². The van der Waals surface area contributed by atoms with Gasteiger partial charge < -0.3 is 14.7 Å². The molecule has 0 radical (unpaired) electrons. The van der Waals surface area contributed by atoms with Gasteiger partial charge >= 0.3 is 5.76 Å². The van der Waals surface area contributed by atoms with Crippen LogP contribution >= 0.6 is 0 Å². The highest BCUT2D eigenvalue weighted by molar-refractivity contribution is 5.54. The van der Waals surface area contributed by atoms with Crippen LogP contribution in [0.15, 0.2) is 57.8 Å². The highest BCUT2D eigenvalue weighted by Gasteiger charge is 2.24. The van der Waals surface area contributed by atoms with Crippen molar-refractivity contribution >= 4 is 0 Å². The van der Waals surface area contributed by atoms with Crippen LogP contribution in [-0.4, -0.2) is 51.6 Å². The molecule has 31 heavy (non-hydrogen) atoms. The topological polar surface area (TPSA) is 80.7 Å². The van der Waals surface area contributed by atoms with Crippen molar-refractivity contribution in [3.05, 3.63) is 70.2 Å². The van der Waals surface area contributed by atoms with Gasteiger partial charge in [-0.3, -0.25) is 9.09 Å². The summed E-state index contributed by atoms with van der Waals surface area (Å²) >= 11 is 0. The molecule has 0 amide bonds. The minimum absolute atomic E-state index is 0.144. The van der Waals surface area contributed by atoms with Crippen molar-refractivity contribution in [1.29, 1.82) is 0 Å². The molecule has 2 heterocycles. The molecule has 1 aliphatic heterocycles. The molecular weight excluding hydrogens is 394 g/mol. The molecule has 0 bridgehead atoms. The van der Waals surface area contributed by atoms with Crippen LogP contribution in [0.25, 0.3) is 11.4 Å². The zero-order chi connectivity index (χ0) is 21.8. The van der Waals surface area contributed by atoms with Gasteiger partial charge in [0.1, 0.15) is 11.9 Å². The molecule has 7 nitrogen and oxygen atoms in total. The normalized spacial score (nSPS) is 16.4. The number of rotatable bonds is 7. The van der Waals surface area contributed by atoms with E-state index >= 15 is 0 Å². The first kappa shape index (κ1) is 21.3. The lowest BCUT2D eigenvalue weighted by Gasteiger charge is -2.33. The Kier molecular flexibility index (Phi) is 6.53. The average Bonchev–Trinajstić information content (AvgIpc) is 3.13. The highest BCUT2D eigenvalue weighted by Crippen LogP contribution is 2.24. The van der Waals surface area contributed by atoms with E-state index in [0.29, 0.717) is 12.4 Å². The van der Waals surface area contributed by atoms with E-state index in [1.165, 1.54) is 10.1 Å². The second-order valence-corrected chi connectivity index (χ2v) is 8.29. The summed E-state index contributed by atoms with van der Waals surface area (Å²) in [7, 11) is 0. The van der Waals surface area contributed by atoms with Gasteiger partial charge in [-0.25, -0.2) is 4.79 Å². The number of ether oxygens (including phenoxy) is 1. The fourth-order valence-electron chi connectivity index (χ4n) is 4.01. The molecule has 4 rings (SSSR count). The minimum Gasteiger partial charge on any atom is -0.490 e. The number of likely N-dealkylation sites (tertiary alicyclic amines) is 1. The van der Waals surface area contributed by atoms with Crippen molar-refractivity contribution in [2.24, 2.45) is 0 Å². The van der Waals surface area contributed by atoms with E-state index in [0.717, 1.165) is 42.8 Å². The Morgan fingerprint density at radius 1 is 1.13 bits per heavy atom. The third-order valence-electron chi connectivity index (χ3n) is 5.75. The van der Waals surface area contributed by atoms with Crippen LogP contribution in [0.5, 0.6) is 5.75 Å². The number of aliphatic hydroxyl groups is 1. The maximum atomic E-state index is 12.1. The van der Waals surface area contributed by atoms with Crippen LogP contribution in [-0.2, 0) is 6.54 Å². The monoisotopic (exact) mass is 423 g/mol. The summed E-state index contributed by atoms with van der Waals surface area (Å²) < 4.78 is 12.5. The van der Waals surface area contributed by atoms with E-state index < -0.39 is 11.9 Å². The molecule has 1 saturated heterocycles. The first-order valence-electron chi connectivity index (χ1n) is 10.8. The van der Waals surface area contributed by atoms with Gasteiger partial charge in [-0.15, -0.1) is 0 Å². The van der Waals surface area contributed by atoms with E-state index in [4.69, 9.17) is 9.26 Å². The molecule has 1 aromatic heterocycles. The Morgan fingerprint density at radius 3 is 2.61 bits per heavy atom. The summed E-state index contributed by atoms with van der Waals surface area (Å²) in [5, 5.41) is 14.5. The number of hydrogen-bond acceptors (Lipinski definition) is 6. The molecular formula is C24H29N3O4. The molecule has 0 aliphatic carbocycles. The SMILES string of the molecule is Cc1ccc(C)c(OC2CCN(CC(O)Cn3c(-c4ccccc4)noc3=O)CC2)c1. The van der Waals surface area contributed by atoms with E-state index in [2.05, 4.69) is 42.1 Å². The summed E-state index contributed by atoms with van der Waals surface area (Å²) in [6.07, 6.45) is 1.29. The quantitative estimate of drug-likeness (QED) is 0.629. The number of benzene rings is 2. The van der Waals surface area contributed by atoms with E-state index in [9.17, 15) is 9.90 Å². The molecule has 1 aliphatic rings. The predicted octanol–water partition coefficient (Wildman–Crippen LogP) is 3.02. The largest absolute Gasteiger partial charge is 0.490 e. The zero-order valence-corrected chi connectivity index (χ0v) is 18.0. The van der Waals surface area contributed by atoms with Gasteiger partial charge in [0.25, 0.3) is 0 Å². The van der Waals surface area contributed by atoms with Gasteiger partial charge in [-0.05, 0) is 43.9 Å². The van der Waals surface area contributed by atoms with Crippen molar-refractivity contribution in [2.75, 3.05) is 19.6 Å². The number of β-amino-alcohol motifs (C(OH)–C–C–N with tert-alkyl or cyclic N) is 1. The van der Waals surface area contributed by atoms with Crippen LogP contribution in [0.2, 0.25) is 0 Å². The third kappa shape index (κ3) is 5.24. The second kappa shape index (κ2) is 9.49. The molecule has 164 valence electrons. The average molecular weight is 424 g/mol. The van der Waals surface area contributed by atoms with Crippen LogP contribution in [0.3, 0.4) is 0 Å². The number of nitrogens with zero attached hydrogens (tertiary/aromatic N) is 3. The first-order valence-corrected chi connectivity index (χ1v) is 10.8. The third-order valence-corrected chi connectivity index (χ3v) is 5.75. The van der Waals surface area contributed by atoms with Crippen LogP contribution in [0, 0.1) is 13.8 Å². The van der Waals surface area contributed by atoms with Crippen molar-refractivity contribution in [3.63, 3.8) is 0 Å². The van der Waals surface area contributed by atoms with Crippen molar-refractivity contribution in [1.82, 2.24) is 14.6 Å². The first-order chi connectivity index (χ1) is 15.0. The molecule has 0 saturated carbocycles. The lowest BCUT2D eigenvalue weighted by Crippen LogP contribution is -2.43. The van der Waals surface area contributed by atoms with E-state index in [1.54, 1.807) is 0 Å². The van der Waals surface area contributed by atoms with Gasteiger partial charge in [0, 0.05) is 25.2 Å².